The van der Waals surface area contributed by atoms with Gasteiger partial charge in [-0.05, 0) is 47.0 Å². The fourth-order valence-corrected chi connectivity index (χ4v) is 3.58. The molecule has 4 rings (SSSR count). The second-order valence-electron chi connectivity index (χ2n) is 6.50. The number of hydrogen-bond donors (Lipinski definition) is 3. The molecule has 0 saturated heterocycles. The third-order valence-corrected chi connectivity index (χ3v) is 5.06. The highest BCUT2D eigenvalue weighted by atomic mass is 35.5. The summed E-state index contributed by atoms with van der Waals surface area (Å²) >= 11 is 6.06. The first-order valence-corrected chi connectivity index (χ1v) is 9.23. The maximum absolute atomic E-state index is 12.8. The summed E-state index contributed by atoms with van der Waals surface area (Å²) in [6.45, 7) is -0.202. The Kier molecular flexibility index (Phi) is 4.90. The number of rotatable bonds is 5. The predicted octanol–water partition coefficient (Wildman–Crippen LogP) is 3.67. The van der Waals surface area contributed by atoms with Crippen molar-refractivity contribution in [3.63, 3.8) is 0 Å². The van der Waals surface area contributed by atoms with Crippen LogP contribution in [0.1, 0.15) is 11.6 Å². The van der Waals surface area contributed by atoms with Gasteiger partial charge in [0, 0.05) is 29.7 Å². The van der Waals surface area contributed by atoms with Crippen LogP contribution in [0, 0.1) is 0 Å². The van der Waals surface area contributed by atoms with E-state index >= 15 is 0 Å². The molecule has 28 heavy (non-hydrogen) atoms. The van der Waals surface area contributed by atoms with Gasteiger partial charge in [0.2, 0.25) is 0 Å². The lowest BCUT2D eigenvalue weighted by Gasteiger charge is -2.18. The Hall–Kier alpha value is -3.09. The van der Waals surface area contributed by atoms with E-state index in [9.17, 15) is 9.90 Å². The van der Waals surface area contributed by atoms with Gasteiger partial charge in [0.1, 0.15) is 0 Å². The number of aliphatic hydroxyl groups excluding tert-OH is 1. The molecule has 0 saturated carbocycles. The molecule has 6 nitrogen and oxygen atoms in total. The van der Waals surface area contributed by atoms with Crippen molar-refractivity contribution in [2.45, 2.75) is 6.04 Å². The molecule has 0 aliphatic rings. The van der Waals surface area contributed by atoms with E-state index in [1.165, 1.54) is 4.57 Å². The van der Waals surface area contributed by atoms with E-state index in [1.807, 2.05) is 37.4 Å². The maximum Gasteiger partial charge on any atom is 0.251 e. The lowest BCUT2D eigenvalue weighted by Crippen LogP contribution is -2.26. The standard InChI is InChI=1S/C21H19ClN4O2/c1-23-21-17-10-13(5-6-18(17)24-25-21)14-7-8-26(20(28)11-14)19(12-27)15-3-2-4-16(22)9-15/h2-11,19,27H,12H2,1H3,(H2,23,24,25)/t19-/m1/s1. The topological polar surface area (TPSA) is 82.9 Å². The second kappa shape index (κ2) is 7.50. The fraction of sp³-hybridized carbons (Fsp3) is 0.143. The highest BCUT2D eigenvalue weighted by molar-refractivity contribution is 6.30. The zero-order valence-corrected chi connectivity index (χ0v) is 15.9. The summed E-state index contributed by atoms with van der Waals surface area (Å²) in [5.41, 5.74) is 3.22. The summed E-state index contributed by atoms with van der Waals surface area (Å²) in [5, 5.41) is 21.6. The number of pyridine rings is 1. The van der Waals surface area contributed by atoms with Crippen molar-refractivity contribution in [1.29, 1.82) is 0 Å². The van der Waals surface area contributed by atoms with Crippen LogP contribution < -0.4 is 10.9 Å². The van der Waals surface area contributed by atoms with Crippen molar-refractivity contribution < 1.29 is 5.11 Å². The second-order valence-corrected chi connectivity index (χ2v) is 6.93. The molecule has 2 aromatic heterocycles. The number of aromatic amines is 1. The summed E-state index contributed by atoms with van der Waals surface area (Å²) < 4.78 is 1.52. The van der Waals surface area contributed by atoms with Crippen LogP contribution in [0.25, 0.3) is 22.0 Å². The molecule has 0 spiro atoms. The molecule has 3 N–H and O–H groups in total. The van der Waals surface area contributed by atoms with Crippen molar-refractivity contribution in [3.05, 3.63) is 81.7 Å². The number of nitrogens with one attached hydrogen (secondary N) is 2. The van der Waals surface area contributed by atoms with Gasteiger partial charge in [0.15, 0.2) is 5.82 Å². The van der Waals surface area contributed by atoms with Gasteiger partial charge in [0.05, 0.1) is 18.2 Å². The van der Waals surface area contributed by atoms with Crippen LogP contribution in [0.5, 0.6) is 0 Å². The van der Waals surface area contributed by atoms with Gasteiger partial charge in [-0.1, -0.05) is 29.8 Å². The molecule has 2 heterocycles. The molecular formula is C21H19ClN4O2. The minimum absolute atomic E-state index is 0.197. The van der Waals surface area contributed by atoms with Crippen molar-refractivity contribution in [3.8, 4) is 11.1 Å². The lowest BCUT2D eigenvalue weighted by atomic mass is 10.0. The number of anilines is 1. The highest BCUT2D eigenvalue weighted by Gasteiger charge is 2.15. The monoisotopic (exact) mass is 394 g/mol. The Labute approximate surface area is 166 Å². The Morgan fingerprint density at radius 3 is 2.71 bits per heavy atom. The van der Waals surface area contributed by atoms with Crippen molar-refractivity contribution in [1.82, 2.24) is 14.8 Å². The van der Waals surface area contributed by atoms with Crippen LogP contribution >= 0.6 is 11.6 Å². The quantitative estimate of drug-likeness (QED) is 0.482. The summed E-state index contributed by atoms with van der Waals surface area (Å²) in [7, 11) is 1.81. The first-order valence-electron chi connectivity index (χ1n) is 8.85. The lowest BCUT2D eigenvalue weighted by molar-refractivity contribution is 0.247. The Balaban J connectivity index is 1.74. The van der Waals surface area contributed by atoms with E-state index in [4.69, 9.17) is 11.6 Å². The van der Waals surface area contributed by atoms with E-state index in [-0.39, 0.29) is 12.2 Å². The molecule has 7 heteroatoms. The minimum atomic E-state index is -0.493. The van der Waals surface area contributed by atoms with Crippen LogP contribution in [-0.2, 0) is 0 Å². The SMILES string of the molecule is CNc1n[nH]c2ccc(-c3ccn([C@H](CO)c4cccc(Cl)c4)c(=O)c3)cc12. The van der Waals surface area contributed by atoms with E-state index in [0.29, 0.717) is 5.02 Å². The van der Waals surface area contributed by atoms with Gasteiger partial charge in [-0.25, -0.2) is 0 Å². The van der Waals surface area contributed by atoms with Crippen LogP contribution in [0.3, 0.4) is 0 Å². The molecule has 2 aromatic carbocycles. The smallest absolute Gasteiger partial charge is 0.251 e. The van der Waals surface area contributed by atoms with Gasteiger partial charge in [-0.2, -0.15) is 5.10 Å². The molecule has 0 radical (unpaired) electrons. The zero-order chi connectivity index (χ0) is 19.7. The number of H-pyrrole nitrogens is 1. The Morgan fingerprint density at radius 1 is 1.18 bits per heavy atom. The molecule has 4 aromatic rings. The van der Waals surface area contributed by atoms with Gasteiger partial charge >= 0.3 is 0 Å². The maximum atomic E-state index is 12.8. The molecule has 0 amide bonds. The molecule has 0 bridgehead atoms. The number of fused-ring (bicyclic) bond motifs is 1. The first-order chi connectivity index (χ1) is 13.6. The summed E-state index contributed by atoms with van der Waals surface area (Å²) in [6.07, 6.45) is 1.71. The third kappa shape index (κ3) is 3.28. The summed E-state index contributed by atoms with van der Waals surface area (Å²) in [6, 6.07) is 16.0. The molecule has 0 fully saturated rings. The molecule has 1 atom stereocenters. The Bertz CT molecular complexity index is 1200. The fourth-order valence-electron chi connectivity index (χ4n) is 3.38. The number of aliphatic hydroxyl groups is 1. The van der Waals surface area contributed by atoms with Crippen LogP contribution in [0.2, 0.25) is 5.02 Å². The highest BCUT2D eigenvalue weighted by Crippen LogP contribution is 2.27. The number of halogens is 1. The molecule has 0 aliphatic heterocycles. The Morgan fingerprint density at radius 2 is 2.00 bits per heavy atom. The van der Waals surface area contributed by atoms with E-state index in [1.54, 1.807) is 30.5 Å². The average molecular weight is 395 g/mol. The van der Waals surface area contributed by atoms with Crippen LogP contribution in [0.15, 0.2) is 65.6 Å². The third-order valence-electron chi connectivity index (χ3n) is 4.82. The number of benzene rings is 2. The zero-order valence-electron chi connectivity index (χ0n) is 15.2. The normalized spacial score (nSPS) is 12.2. The molecular weight excluding hydrogens is 376 g/mol. The van der Waals surface area contributed by atoms with Crippen molar-refractivity contribution >= 4 is 28.3 Å². The summed E-state index contributed by atoms with van der Waals surface area (Å²) in [5.74, 6) is 0.756. The van der Waals surface area contributed by atoms with Gasteiger partial charge in [-0.3, -0.25) is 9.89 Å². The first kappa shape index (κ1) is 18.3. The van der Waals surface area contributed by atoms with Gasteiger partial charge in [-0.15, -0.1) is 0 Å². The molecule has 142 valence electrons. The largest absolute Gasteiger partial charge is 0.394 e. The predicted molar refractivity (Wildman–Crippen MR) is 112 cm³/mol. The average Bonchev–Trinajstić information content (AvgIpc) is 3.12. The van der Waals surface area contributed by atoms with Crippen LogP contribution in [0.4, 0.5) is 5.82 Å². The van der Waals surface area contributed by atoms with Crippen molar-refractivity contribution in [2.24, 2.45) is 0 Å². The van der Waals surface area contributed by atoms with E-state index in [0.717, 1.165) is 33.4 Å². The number of nitrogens with zero attached hydrogens (tertiary/aromatic N) is 2. The van der Waals surface area contributed by atoms with Gasteiger partial charge < -0.3 is 15.0 Å². The minimum Gasteiger partial charge on any atom is -0.394 e. The number of hydrogen-bond acceptors (Lipinski definition) is 4. The summed E-state index contributed by atoms with van der Waals surface area (Å²) in [4.78, 5) is 12.8. The number of aromatic nitrogens is 3. The van der Waals surface area contributed by atoms with E-state index in [2.05, 4.69) is 15.5 Å². The molecule has 0 unspecified atom stereocenters. The van der Waals surface area contributed by atoms with Crippen LogP contribution in [-0.4, -0.2) is 33.5 Å². The molecule has 0 aliphatic carbocycles. The van der Waals surface area contributed by atoms with Crippen molar-refractivity contribution in [2.75, 3.05) is 19.0 Å². The van der Waals surface area contributed by atoms with Gasteiger partial charge in [0.25, 0.3) is 5.56 Å². The van der Waals surface area contributed by atoms with E-state index < -0.39 is 6.04 Å².